The number of carbonyl (C=O) groups excluding carboxylic acids is 2. The molecule has 0 aliphatic carbocycles. The van der Waals surface area contributed by atoms with Crippen molar-refractivity contribution in [1.29, 1.82) is 0 Å². The predicted molar refractivity (Wildman–Crippen MR) is 79.8 cm³/mol. The third-order valence-electron chi connectivity index (χ3n) is 3.01. The number of para-hydroxylation sites is 1. The Morgan fingerprint density at radius 2 is 1.88 bits per heavy atom. The topological polar surface area (TPSA) is 90.3 Å². The molecule has 0 aliphatic heterocycles. The number of alkyl halides is 3. The van der Waals surface area contributed by atoms with Crippen LogP contribution in [0.15, 0.2) is 41.2 Å². The summed E-state index contributed by atoms with van der Waals surface area (Å²) in [4.78, 5) is 34.6. The maximum absolute atomic E-state index is 12.8. The van der Waals surface area contributed by atoms with Crippen molar-refractivity contribution in [2.24, 2.45) is 7.05 Å². The highest BCUT2D eigenvalue weighted by Gasteiger charge is 2.33. The molecule has 0 spiro atoms. The number of nitrogens with zero attached hydrogens (tertiary/aromatic N) is 2. The number of nitrogens with one attached hydrogen (secondary N) is 1. The molecule has 0 saturated carbocycles. The van der Waals surface area contributed by atoms with E-state index in [9.17, 15) is 27.6 Å². The Morgan fingerprint density at radius 3 is 2.52 bits per heavy atom. The Hall–Kier alpha value is -3.17. The Balaban J connectivity index is 2.01. The van der Waals surface area contributed by atoms with E-state index in [1.165, 1.54) is 19.2 Å². The molecule has 10 heteroatoms. The first kappa shape index (κ1) is 18.2. The van der Waals surface area contributed by atoms with Gasteiger partial charge in [-0.2, -0.15) is 18.3 Å². The maximum atomic E-state index is 12.8. The van der Waals surface area contributed by atoms with E-state index in [0.29, 0.717) is 0 Å². The number of rotatable bonds is 4. The number of esters is 1. The second kappa shape index (κ2) is 7.16. The minimum absolute atomic E-state index is 0.217. The summed E-state index contributed by atoms with van der Waals surface area (Å²) >= 11 is 0. The summed E-state index contributed by atoms with van der Waals surface area (Å²) in [6.07, 6.45) is -4.64. The van der Waals surface area contributed by atoms with E-state index in [2.05, 4.69) is 9.84 Å². The van der Waals surface area contributed by atoms with Gasteiger partial charge < -0.3 is 10.1 Å². The lowest BCUT2D eigenvalue weighted by Gasteiger charge is -2.13. The van der Waals surface area contributed by atoms with Gasteiger partial charge in [0, 0.05) is 13.1 Å². The van der Waals surface area contributed by atoms with Crippen LogP contribution in [0.2, 0.25) is 0 Å². The van der Waals surface area contributed by atoms with Crippen LogP contribution in [0.5, 0.6) is 0 Å². The number of halogens is 3. The van der Waals surface area contributed by atoms with Crippen molar-refractivity contribution in [3.63, 3.8) is 0 Å². The molecule has 25 heavy (non-hydrogen) atoms. The molecule has 7 nitrogen and oxygen atoms in total. The van der Waals surface area contributed by atoms with E-state index in [1.54, 1.807) is 0 Å². The van der Waals surface area contributed by atoms with E-state index in [0.717, 1.165) is 28.9 Å². The third-order valence-corrected chi connectivity index (χ3v) is 3.01. The largest absolute Gasteiger partial charge is 0.451 e. The molecule has 0 radical (unpaired) electrons. The number of anilines is 1. The monoisotopic (exact) mass is 355 g/mol. The number of hydrogen-bond donors (Lipinski definition) is 1. The van der Waals surface area contributed by atoms with Crippen LogP contribution in [0.1, 0.15) is 16.1 Å². The van der Waals surface area contributed by atoms with E-state index >= 15 is 0 Å². The molecule has 1 amide bonds. The highest BCUT2D eigenvalue weighted by Crippen LogP contribution is 2.34. The van der Waals surface area contributed by atoms with Crippen LogP contribution in [0, 0.1) is 0 Å². The molecule has 1 aromatic heterocycles. The van der Waals surface area contributed by atoms with Crippen LogP contribution in [0.3, 0.4) is 0 Å². The van der Waals surface area contributed by atoms with Crippen LogP contribution < -0.4 is 10.9 Å². The third kappa shape index (κ3) is 4.66. The van der Waals surface area contributed by atoms with Crippen molar-refractivity contribution in [3.8, 4) is 0 Å². The lowest BCUT2D eigenvalue weighted by molar-refractivity contribution is -0.137. The molecule has 1 N–H and O–H groups in total. The molecule has 0 saturated heterocycles. The molecule has 0 fully saturated rings. The van der Waals surface area contributed by atoms with Gasteiger partial charge in [0.2, 0.25) is 0 Å². The average Bonchev–Trinajstić information content (AvgIpc) is 2.54. The minimum Gasteiger partial charge on any atom is -0.451 e. The van der Waals surface area contributed by atoms with Crippen molar-refractivity contribution in [1.82, 2.24) is 9.78 Å². The van der Waals surface area contributed by atoms with Crippen LogP contribution >= 0.6 is 0 Å². The zero-order valence-electron chi connectivity index (χ0n) is 12.8. The molecule has 0 unspecified atom stereocenters. The Bertz CT molecular complexity index is 862. The molecular weight excluding hydrogens is 343 g/mol. The van der Waals surface area contributed by atoms with Crippen molar-refractivity contribution in [2.45, 2.75) is 6.18 Å². The normalized spacial score (nSPS) is 11.0. The fourth-order valence-corrected chi connectivity index (χ4v) is 1.84. The summed E-state index contributed by atoms with van der Waals surface area (Å²) in [6.45, 7) is -0.810. The number of benzene rings is 1. The number of amides is 1. The molecule has 0 aliphatic rings. The summed E-state index contributed by atoms with van der Waals surface area (Å²) in [5, 5.41) is 5.66. The van der Waals surface area contributed by atoms with Gasteiger partial charge in [-0.05, 0) is 18.2 Å². The number of ether oxygens (including phenoxy) is 1. The van der Waals surface area contributed by atoms with Crippen molar-refractivity contribution >= 4 is 17.6 Å². The van der Waals surface area contributed by atoms with Gasteiger partial charge in [-0.1, -0.05) is 12.1 Å². The van der Waals surface area contributed by atoms with Gasteiger partial charge in [0.1, 0.15) is 0 Å². The molecule has 0 bridgehead atoms. The van der Waals surface area contributed by atoms with Crippen molar-refractivity contribution in [2.75, 3.05) is 11.9 Å². The van der Waals surface area contributed by atoms with Crippen molar-refractivity contribution in [3.05, 3.63) is 58.0 Å². The molecular formula is C15H12F3N3O4. The standard InChI is InChI=1S/C15H12F3N3O4/c1-21-13(23)7-6-11(20-21)14(24)25-8-12(22)19-10-5-3-2-4-9(10)15(16,17)18/h2-7H,8H2,1H3,(H,19,22). The molecule has 2 rings (SSSR count). The summed E-state index contributed by atoms with van der Waals surface area (Å²) in [5.41, 5.74) is -2.13. The summed E-state index contributed by atoms with van der Waals surface area (Å²) < 4.78 is 44.1. The molecule has 132 valence electrons. The van der Waals surface area contributed by atoms with Gasteiger partial charge in [0.25, 0.3) is 11.5 Å². The number of aromatic nitrogens is 2. The molecule has 2 aromatic rings. The quantitative estimate of drug-likeness (QED) is 0.842. The van der Waals surface area contributed by atoms with E-state index in [4.69, 9.17) is 0 Å². The number of carbonyl (C=O) groups is 2. The second-order valence-corrected chi connectivity index (χ2v) is 4.85. The zero-order chi connectivity index (χ0) is 18.6. The highest BCUT2D eigenvalue weighted by molar-refractivity contribution is 5.95. The molecule has 1 heterocycles. The smallest absolute Gasteiger partial charge is 0.418 e. The van der Waals surface area contributed by atoms with E-state index in [-0.39, 0.29) is 5.69 Å². The van der Waals surface area contributed by atoms with Crippen LogP contribution in [-0.2, 0) is 22.8 Å². The average molecular weight is 355 g/mol. The predicted octanol–water partition coefficient (Wildman–Crippen LogP) is 1.59. The van der Waals surface area contributed by atoms with Gasteiger partial charge in [-0.3, -0.25) is 9.59 Å². The van der Waals surface area contributed by atoms with Gasteiger partial charge in [-0.15, -0.1) is 0 Å². The Kier molecular flexibility index (Phi) is 5.20. The van der Waals surface area contributed by atoms with Gasteiger partial charge in [0.15, 0.2) is 12.3 Å². The van der Waals surface area contributed by atoms with Crippen LogP contribution in [0.25, 0.3) is 0 Å². The fraction of sp³-hybridized carbons (Fsp3) is 0.200. The Morgan fingerprint density at radius 1 is 1.20 bits per heavy atom. The first-order valence-electron chi connectivity index (χ1n) is 6.86. The van der Waals surface area contributed by atoms with Crippen LogP contribution in [0.4, 0.5) is 18.9 Å². The lowest BCUT2D eigenvalue weighted by atomic mass is 10.1. The first-order chi connectivity index (χ1) is 11.7. The van der Waals surface area contributed by atoms with E-state index in [1.807, 2.05) is 5.32 Å². The number of hydrogen-bond acceptors (Lipinski definition) is 5. The van der Waals surface area contributed by atoms with Gasteiger partial charge >= 0.3 is 12.1 Å². The Labute approximate surface area is 139 Å². The summed E-state index contributed by atoms with van der Waals surface area (Å²) in [5.74, 6) is -1.94. The molecule has 0 atom stereocenters. The van der Waals surface area contributed by atoms with Gasteiger partial charge in [-0.25, -0.2) is 9.48 Å². The number of aryl methyl sites for hydroxylation is 1. The minimum atomic E-state index is -4.64. The second-order valence-electron chi connectivity index (χ2n) is 4.85. The highest BCUT2D eigenvalue weighted by atomic mass is 19.4. The zero-order valence-corrected chi connectivity index (χ0v) is 12.8. The van der Waals surface area contributed by atoms with Crippen LogP contribution in [-0.4, -0.2) is 28.3 Å². The SMILES string of the molecule is Cn1nc(C(=O)OCC(=O)Nc2ccccc2C(F)(F)F)ccc1=O. The molecule has 1 aromatic carbocycles. The summed E-state index contributed by atoms with van der Waals surface area (Å²) in [6, 6.07) is 6.60. The lowest BCUT2D eigenvalue weighted by Crippen LogP contribution is -2.25. The summed E-state index contributed by atoms with van der Waals surface area (Å²) in [7, 11) is 1.32. The maximum Gasteiger partial charge on any atom is 0.418 e. The van der Waals surface area contributed by atoms with E-state index < -0.39 is 41.5 Å². The van der Waals surface area contributed by atoms with Gasteiger partial charge in [0.05, 0.1) is 11.3 Å². The first-order valence-corrected chi connectivity index (χ1v) is 6.86. The fourth-order valence-electron chi connectivity index (χ4n) is 1.84. The van der Waals surface area contributed by atoms with Crippen molar-refractivity contribution < 1.29 is 27.5 Å².